The first-order chi connectivity index (χ1) is 10.8. The number of aryl methyl sites for hydroxylation is 1. The van der Waals surface area contributed by atoms with Crippen LogP contribution >= 0.6 is 0 Å². The van der Waals surface area contributed by atoms with Crippen molar-refractivity contribution < 1.29 is 17.9 Å². The van der Waals surface area contributed by atoms with Crippen LogP contribution < -0.4 is 10.2 Å². The number of aromatic nitrogens is 2. The standard InChI is InChI=1S/C14H20N4O4S/c1-10-15-7-11(23(2,20)21)13(17-10)18-5-3-14(4-6-18)9-16-12(19)8-22-14/h7H,3-6,8-9H2,1-2H3,(H,16,19). The summed E-state index contributed by atoms with van der Waals surface area (Å²) < 4.78 is 29.7. The largest absolute Gasteiger partial charge is 0.363 e. The minimum atomic E-state index is -3.40. The molecule has 1 amide bonds. The molecule has 2 aliphatic rings. The topological polar surface area (TPSA) is 101 Å². The van der Waals surface area contributed by atoms with E-state index in [2.05, 4.69) is 15.3 Å². The van der Waals surface area contributed by atoms with Crippen molar-refractivity contribution in [2.75, 3.05) is 37.4 Å². The fraction of sp³-hybridized carbons (Fsp3) is 0.643. The van der Waals surface area contributed by atoms with E-state index in [1.54, 1.807) is 6.92 Å². The highest BCUT2D eigenvalue weighted by molar-refractivity contribution is 7.90. The molecule has 0 radical (unpaired) electrons. The molecule has 1 spiro atoms. The zero-order valence-electron chi connectivity index (χ0n) is 13.2. The van der Waals surface area contributed by atoms with Crippen molar-refractivity contribution in [3.05, 3.63) is 12.0 Å². The number of carbonyl (C=O) groups is 1. The lowest BCUT2D eigenvalue weighted by Gasteiger charge is -2.44. The van der Waals surface area contributed by atoms with Crippen LogP contribution in [0, 0.1) is 6.92 Å². The summed E-state index contributed by atoms with van der Waals surface area (Å²) in [6.07, 6.45) is 3.95. The number of amides is 1. The molecule has 23 heavy (non-hydrogen) atoms. The molecule has 0 bridgehead atoms. The van der Waals surface area contributed by atoms with Crippen molar-refractivity contribution in [2.45, 2.75) is 30.3 Å². The van der Waals surface area contributed by atoms with Crippen molar-refractivity contribution in [1.29, 1.82) is 0 Å². The monoisotopic (exact) mass is 340 g/mol. The third kappa shape index (κ3) is 3.30. The Kier molecular flexibility index (Phi) is 4.01. The summed E-state index contributed by atoms with van der Waals surface area (Å²) >= 11 is 0. The molecule has 0 aliphatic carbocycles. The number of nitrogens with zero attached hydrogens (tertiary/aromatic N) is 3. The summed E-state index contributed by atoms with van der Waals surface area (Å²) in [5.41, 5.74) is -0.349. The van der Waals surface area contributed by atoms with Crippen molar-refractivity contribution in [3.63, 3.8) is 0 Å². The molecule has 3 heterocycles. The maximum atomic E-state index is 12.0. The van der Waals surface area contributed by atoms with Gasteiger partial charge in [0.2, 0.25) is 5.91 Å². The summed E-state index contributed by atoms with van der Waals surface area (Å²) in [5.74, 6) is 0.896. The van der Waals surface area contributed by atoms with Gasteiger partial charge < -0.3 is 15.0 Å². The Hall–Kier alpha value is -1.74. The Labute approximate surface area is 135 Å². The SMILES string of the molecule is Cc1ncc(S(C)(=O)=O)c(N2CCC3(CC2)CNC(=O)CO3)n1. The minimum absolute atomic E-state index is 0.0845. The van der Waals surface area contributed by atoms with Crippen LogP contribution in [0.4, 0.5) is 5.82 Å². The third-order valence-electron chi connectivity index (χ3n) is 4.35. The van der Waals surface area contributed by atoms with Gasteiger partial charge in [-0.25, -0.2) is 18.4 Å². The first-order valence-electron chi connectivity index (χ1n) is 7.48. The number of nitrogens with one attached hydrogen (secondary N) is 1. The Morgan fingerprint density at radius 3 is 2.61 bits per heavy atom. The zero-order valence-corrected chi connectivity index (χ0v) is 14.0. The van der Waals surface area contributed by atoms with Gasteiger partial charge in [0.05, 0.1) is 11.8 Å². The van der Waals surface area contributed by atoms with E-state index in [1.807, 2.05) is 4.90 Å². The predicted octanol–water partition coefficient (Wildman–Crippen LogP) is -0.326. The van der Waals surface area contributed by atoms with Gasteiger partial charge in [0.25, 0.3) is 0 Å². The van der Waals surface area contributed by atoms with E-state index >= 15 is 0 Å². The molecule has 1 aromatic heterocycles. The highest BCUT2D eigenvalue weighted by atomic mass is 32.2. The summed E-state index contributed by atoms with van der Waals surface area (Å²) in [6.45, 7) is 3.56. The number of anilines is 1. The van der Waals surface area contributed by atoms with Gasteiger partial charge in [0.15, 0.2) is 15.7 Å². The maximum absolute atomic E-state index is 12.0. The molecular formula is C14H20N4O4S. The predicted molar refractivity (Wildman–Crippen MR) is 83.0 cm³/mol. The summed E-state index contributed by atoms with van der Waals surface area (Å²) in [4.78, 5) is 21.7. The molecule has 126 valence electrons. The molecule has 9 heteroatoms. The smallest absolute Gasteiger partial charge is 0.246 e. The lowest BCUT2D eigenvalue weighted by Crippen LogP contribution is -2.57. The number of ether oxygens (including phenoxy) is 1. The van der Waals surface area contributed by atoms with Gasteiger partial charge in [-0.15, -0.1) is 0 Å². The van der Waals surface area contributed by atoms with Gasteiger partial charge in [-0.1, -0.05) is 0 Å². The van der Waals surface area contributed by atoms with Crippen LogP contribution in [0.25, 0.3) is 0 Å². The van der Waals surface area contributed by atoms with E-state index < -0.39 is 9.84 Å². The average molecular weight is 340 g/mol. The van der Waals surface area contributed by atoms with Gasteiger partial charge in [-0.2, -0.15) is 0 Å². The van der Waals surface area contributed by atoms with E-state index in [-0.39, 0.29) is 23.0 Å². The van der Waals surface area contributed by atoms with Gasteiger partial charge in [0.1, 0.15) is 17.3 Å². The quantitative estimate of drug-likeness (QED) is 0.787. The number of hydrogen-bond acceptors (Lipinski definition) is 7. The molecule has 8 nitrogen and oxygen atoms in total. The van der Waals surface area contributed by atoms with Crippen molar-refractivity contribution >= 4 is 21.6 Å². The molecule has 2 fully saturated rings. The fourth-order valence-electron chi connectivity index (χ4n) is 2.96. The molecule has 1 N–H and O–H groups in total. The van der Waals surface area contributed by atoms with Gasteiger partial charge >= 0.3 is 0 Å². The maximum Gasteiger partial charge on any atom is 0.246 e. The van der Waals surface area contributed by atoms with E-state index in [4.69, 9.17) is 4.74 Å². The summed E-state index contributed by atoms with van der Waals surface area (Å²) in [5, 5.41) is 2.84. The molecule has 0 unspecified atom stereocenters. The van der Waals surface area contributed by atoms with Crippen LogP contribution in [0.2, 0.25) is 0 Å². The second-order valence-electron chi connectivity index (χ2n) is 6.11. The summed E-state index contributed by atoms with van der Waals surface area (Å²) in [6, 6.07) is 0. The first kappa shape index (κ1) is 16.1. The Morgan fingerprint density at radius 1 is 1.35 bits per heavy atom. The van der Waals surface area contributed by atoms with Crippen molar-refractivity contribution in [3.8, 4) is 0 Å². The van der Waals surface area contributed by atoms with Gasteiger partial charge in [-0.3, -0.25) is 4.79 Å². The van der Waals surface area contributed by atoms with Gasteiger partial charge in [0, 0.05) is 25.9 Å². The number of rotatable bonds is 2. The molecule has 2 saturated heterocycles. The molecule has 3 rings (SSSR count). The fourth-order valence-corrected chi connectivity index (χ4v) is 3.71. The Morgan fingerprint density at radius 2 is 2.04 bits per heavy atom. The van der Waals surface area contributed by atoms with Crippen LogP contribution in [-0.4, -0.2) is 62.4 Å². The molecule has 0 saturated carbocycles. The normalized spacial score (nSPS) is 21.3. The third-order valence-corrected chi connectivity index (χ3v) is 5.43. The van der Waals surface area contributed by atoms with Crippen LogP contribution in [0.5, 0.6) is 0 Å². The lowest BCUT2D eigenvalue weighted by molar-refractivity contribution is -0.146. The molecule has 1 aromatic rings. The highest BCUT2D eigenvalue weighted by Gasteiger charge is 2.40. The number of carbonyl (C=O) groups excluding carboxylic acids is 1. The number of sulfone groups is 1. The van der Waals surface area contributed by atoms with Crippen molar-refractivity contribution in [1.82, 2.24) is 15.3 Å². The van der Waals surface area contributed by atoms with Crippen LogP contribution in [0.15, 0.2) is 11.1 Å². The van der Waals surface area contributed by atoms with Crippen molar-refractivity contribution in [2.24, 2.45) is 0 Å². The molecule has 0 atom stereocenters. The summed E-state index contributed by atoms with van der Waals surface area (Å²) in [7, 11) is -3.40. The average Bonchev–Trinajstić information content (AvgIpc) is 2.50. The van der Waals surface area contributed by atoms with E-state index in [0.29, 0.717) is 44.1 Å². The molecule has 2 aliphatic heterocycles. The second kappa shape index (κ2) is 5.72. The highest BCUT2D eigenvalue weighted by Crippen LogP contribution is 2.32. The number of hydrogen-bond donors (Lipinski definition) is 1. The molecule has 0 aromatic carbocycles. The Bertz CT molecular complexity index is 714. The lowest BCUT2D eigenvalue weighted by atomic mass is 9.90. The van der Waals surface area contributed by atoms with Crippen LogP contribution in [-0.2, 0) is 19.4 Å². The molecular weight excluding hydrogens is 320 g/mol. The number of piperidine rings is 1. The van der Waals surface area contributed by atoms with E-state index in [9.17, 15) is 13.2 Å². The van der Waals surface area contributed by atoms with Crippen LogP contribution in [0.1, 0.15) is 18.7 Å². The zero-order chi connectivity index (χ0) is 16.7. The van der Waals surface area contributed by atoms with E-state index in [1.165, 1.54) is 6.20 Å². The van der Waals surface area contributed by atoms with Crippen LogP contribution in [0.3, 0.4) is 0 Å². The number of morpholine rings is 1. The second-order valence-corrected chi connectivity index (χ2v) is 8.10. The van der Waals surface area contributed by atoms with E-state index in [0.717, 1.165) is 6.26 Å². The van der Waals surface area contributed by atoms with Gasteiger partial charge in [-0.05, 0) is 19.8 Å². The minimum Gasteiger partial charge on any atom is -0.363 e. The Balaban J connectivity index is 1.80. The first-order valence-corrected chi connectivity index (χ1v) is 9.38.